The van der Waals surface area contributed by atoms with E-state index in [2.05, 4.69) is 4.98 Å². The van der Waals surface area contributed by atoms with Crippen LogP contribution >= 0.6 is 11.3 Å². The monoisotopic (exact) mass is 359 g/mol. The van der Waals surface area contributed by atoms with Crippen molar-refractivity contribution in [2.45, 2.75) is 20.0 Å². The van der Waals surface area contributed by atoms with Crippen molar-refractivity contribution >= 4 is 23.2 Å². The van der Waals surface area contributed by atoms with E-state index in [0.717, 1.165) is 16.5 Å². The predicted octanol–water partition coefficient (Wildman–Crippen LogP) is 1.96. The maximum atomic E-state index is 12.4. The maximum Gasteiger partial charge on any atom is 0.228 e. The molecule has 3 rings (SSSR count). The topological polar surface area (TPSA) is 62.7 Å². The first kappa shape index (κ1) is 17.4. The van der Waals surface area contributed by atoms with Gasteiger partial charge in [0, 0.05) is 38.5 Å². The number of para-hydroxylation sites is 1. The van der Waals surface area contributed by atoms with Crippen molar-refractivity contribution in [3.63, 3.8) is 0 Å². The molecule has 0 spiro atoms. The zero-order valence-electron chi connectivity index (χ0n) is 14.2. The molecule has 2 amide bonds. The van der Waals surface area contributed by atoms with Gasteiger partial charge in [-0.25, -0.2) is 4.98 Å². The van der Waals surface area contributed by atoms with Crippen molar-refractivity contribution in [3.05, 3.63) is 46.4 Å². The van der Waals surface area contributed by atoms with Crippen LogP contribution in [-0.2, 0) is 22.6 Å². The van der Waals surface area contributed by atoms with E-state index in [4.69, 9.17) is 4.74 Å². The first-order valence-corrected chi connectivity index (χ1v) is 9.14. The highest BCUT2D eigenvalue weighted by Crippen LogP contribution is 2.16. The molecule has 0 saturated carbocycles. The number of nitrogens with zero attached hydrogens (tertiary/aromatic N) is 3. The summed E-state index contributed by atoms with van der Waals surface area (Å²) in [5, 5.41) is 2.76. The van der Waals surface area contributed by atoms with Gasteiger partial charge in [-0.2, -0.15) is 0 Å². The molecular weight excluding hydrogens is 338 g/mol. The first-order chi connectivity index (χ1) is 12.1. The Bertz CT molecular complexity index is 724. The van der Waals surface area contributed by atoms with Gasteiger partial charge in [0.1, 0.15) is 17.4 Å². The first-order valence-electron chi connectivity index (χ1n) is 8.26. The zero-order chi connectivity index (χ0) is 17.6. The summed E-state index contributed by atoms with van der Waals surface area (Å²) in [6, 6.07) is 9.59. The van der Waals surface area contributed by atoms with Crippen molar-refractivity contribution in [2.24, 2.45) is 0 Å². The van der Waals surface area contributed by atoms with Crippen LogP contribution in [0.2, 0.25) is 0 Å². The van der Waals surface area contributed by atoms with Gasteiger partial charge in [-0.15, -0.1) is 11.3 Å². The predicted molar refractivity (Wildman–Crippen MR) is 95.4 cm³/mol. The molecule has 2 heterocycles. The molecule has 0 N–H and O–H groups in total. The van der Waals surface area contributed by atoms with Crippen LogP contribution in [0.15, 0.2) is 35.7 Å². The highest BCUT2D eigenvalue weighted by molar-refractivity contribution is 7.09. The maximum absolute atomic E-state index is 12.4. The Hall–Kier alpha value is -2.41. The van der Waals surface area contributed by atoms with Crippen LogP contribution in [-0.4, -0.2) is 52.8 Å². The third-order valence-corrected chi connectivity index (χ3v) is 4.99. The van der Waals surface area contributed by atoms with Crippen molar-refractivity contribution in [2.75, 3.05) is 26.2 Å². The molecule has 25 heavy (non-hydrogen) atoms. The fraction of sp³-hybridized carbons (Fsp3) is 0.389. The Morgan fingerprint density at radius 2 is 1.80 bits per heavy atom. The smallest absolute Gasteiger partial charge is 0.228 e. The zero-order valence-corrected chi connectivity index (χ0v) is 15.0. The molecule has 132 valence electrons. The number of benzene rings is 1. The van der Waals surface area contributed by atoms with Crippen LogP contribution in [0, 0.1) is 0 Å². The molecule has 2 aromatic rings. The highest BCUT2D eigenvalue weighted by Gasteiger charge is 2.22. The normalized spacial score (nSPS) is 14.4. The lowest BCUT2D eigenvalue weighted by Crippen LogP contribution is -2.50. The van der Waals surface area contributed by atoms with Crippen molar-refractivity contribution in [3.8, 4) is 5.75 Å². The number of carbonyl (C=O) groups excluding carboxylic acids is 2. The second-order valence-corrected chi connectivity index (χ2v) is 6.84. The Labute approximate surface area is 151 Å². The van der Waals surface area contributed by atoms with E-state index in [1.165, 1.54) is 11.3 Å². The molecule has 7 heteroatoms. The Morgan fingerprint density at radius 3 is 2.48 bits per heavy atom. The Balaban J connectivity index is 1.48. The summed E-state index contributed by atoms with van der Waals surface area (Å²) in [7, 11) is 0. The van der Waals surface area contributed by atoms with E-state index >= 15 is 0 Å². The number of amides is 2. The number of carbonyl (C=O) groups is 2. The van der Waals surface area contributed by atoms with Gasteiger partial charge in [0.25, 0.3) is 0 Å². The lowest BCUT2D eigenvalue weighted by atomic mass is 10.2. The van der Waals surface area contributed by atoms with E-state index in [0.29, 0.717) is 39.2 Å². The van der Waals surface area contributed by atoms with Crippen molar-refractivity contribution in [1.82, 2.24) is 14.8 Å². The van der Waals surface area contributed by atoms with E-state index in [9.17, 15) is 9.59 Å². The lowest BCUT2D eigenvalue weighted by Gasteiger charge is -2.34. The molecule has 0 bridgehead atoms. The molecule has 0 radical (unpaired) electrons. The third kappa shape index (κ3) is 4.79. The quantitative estimate of drug-likeness (QED) is 0.819. The molecule has 6 nitrogen and oxygen atoms in total. The summed E-state index contributed by atoms with van der Waals surface area (Å²) in [6.45, 7) is 4.35. The molecule has 0 atom stereocenters. The van der Waals surface area contributed by atoms with Gasteiger partial charge >= 0.3 is 0 Å². The van der Waals surface area contributed by atoms with E-state index < -0.39 is 0 Å². The van der Waals surface area contributed by atoms with E-state index in [-0.39, 0.29) is 11.8 Å². The largest absolute Gasteiger partial charge is 0.486 e. The van der Waals surface area contributed by atoms with Gasteiger partial charge in [-0.05, 0) is 12.1 Å². The van der Waals surface area contributed by atoms with Gasteiger partial charge < -0.3 is 14.5 Å². The number of ether oxygens (including phenoxy) is 1. The number of aromatic nitrogens is 1. The van der Waals surface area contributed by atoms with Crippen LogP contribution in [0.3, 0.4) is 0 Å². The Morgan fingerprint density at radius 1 is 1.12 bits per heavy atom. The number of rotatable bonds is 5. The number of hydrogen-bond donors (Lipinski definition) is 0. The average molecular weight is 359 g/mol. The molecule has 1 fully saturated rings. The number of hydrogen-bond acceptors (Lipinski definition) is 5. The lowest BCUT2D eigenvalue weighted by molar-refractivity contribution is -0.138. The van der Waals surface area contributed by atoms with E-state index in [1.54, 1.807) is 16.7 Å². The number of thiazole rings is 1. The second kappa shape index (κ2) is 8.11. The molecular formula is C18H21N3O3S. The summed E-state index contributed by atoms with van der Waals surface area (Å²) < 4.78 is 5.68. The molecule has 1 aliphatic rings. The van der Waals surface area contributed by atoms with Gasteiger partial charge in [-0.1, -0.05) is 18.2 Å². The fourth-order valence-corrected chi connectivity index (χ4v) is 3.40. The minimum atomic E-state index is 0.0593. The minimum absolute atomic E-state index is 0.0593. The van der Waals surface area contributed by atoms with E-state index in [1.807, 2.05) is 35.7 Å². The summed E-state index contributed by atoms with van der Waals surface area (Å²) >= 11 is 1.50. The van der Waals surface area contributed by atoms with Crippen LogP contribution in [0.25, 0.3) is 0 Å². The molecule has 0 unspecified atom stereocenters. The molecule has 1 saturated heterocycles. The molecule has 0 aliphatic carbocycles. The minimum Gasteiger partial charge on any atom is -0.486 e. The van der Waals surface area contributed by atoms with Crippen molar-refractivity contribution in [1.29, 1.82) is 0 Å². The standard InChI is InChI=1S/C18H21N3O3S/c1-14(22)20-7-9-21(10-8-20)18(23)11-15-13-25-17(19-15)12-24-16-5-3-2-4-6-16/h2-6,13H,7-12H2,1H3. The van der Waals surface area contributed by atoms with Crippen LogP contribution in [0.1, 0.15) is 17.6 Å². The fourth-order valence-electron chi connectivity index (χ4n) is 2.70. The average Bonchev–Trinajstić information content (AvgIpc) is 3.08. The Kier molecular flexibility index (Phi) is 5.65. The summed E-state index contributed by atoms with van der Waals surface area (Å²) in [5.41, 5.74) is 0.774. The summed E-state index contributed by atoms with van der Waals surface area (Å²) in [4.78, 5) is 31.8. The third-order valence-electron chi connectivity index (χ3n) is 4.11. The summed E-state index contributed by atoms with van der Waals surface area (Å²) in [5.74, 6) is 0.928. The van der Waals surface area contributed by atoms with Crippen LogP contribution < -0.4 is 4.74 Å². The molecule has 1 aromatic heterocycles. The van der Waals surface area contributed by atoms with Gasteiger partial charge in [0.15, 0.2) is 0 Å². The number of piperazine rings is 1. The molecule has 1 aliphatic heterocycles. The van der Waals surface area contributed by atoms with Crippen LogP contribution in [0.4, 0.5) is 0 Å². The van der Waals surface area contributed by atoms with Gasteiger partial charge in [0.2, 0.25) is 11.8 Å². The van der Waals surface area contributed by atoms with Gasteiger partial charge in [-0.3, -0.25) is 9.59 Å². The summed E-state index contributed by atoms with van der Waals surface area (Å²) in [6.07, 6.45) is 0.294. The van der Waals surface area contributed by atoms with Gasteiger partial charge in [0.05, 0.1) is 12.1 Å². The highest BCUT2D eigenvalue weighted by atomic mass is 32.1. The second-order valence-electron chi connectivity index (χ2n) is 5.90. The van der Waals surface area contributed by atoms with Crippen LogP contribution in [0.5, 0.6) is 5.75 Å². The SMILES string of the molecule is CC(=O)N1CCN(C(=O)Cc2csc(COc3ccccc3)n2)CC1. The molecule has 1 aromatic carbocycles. The van der Waals surface area contributed by atoms with Crippen molar-refractivity contribution < 1.29 is 14.3 Å².